The van der Waals surface area contributed by atoms with Gasteiger partial charge in [-0.25, -0.2) is 0 Å². The van der Waals surface area contributed by atoms with Gasteiger partial charge in [-0.1, -0.05) is 189 Å². The predicted molar refractivity (Wildman–Crippen MR) is 299 cm³/mol. The van der Waals surface area contributed by atoms with Gasteiger partial charge in [0, 0.05) is 17.1 Å². The van der Waals surface area contributed by atoms with E-state index in [0.29, 0.717) is 11.3 Å². The predicted octanol–water partition coefficient (Wildman–Crippen LogP) is 19.0. The van der Waals surface area contributed by atoms with Gasteiger partial charge in [-0.2, -0.15) is 0 Å². The van der Waals surface area contributed by atoms with E-state index in [-0.39, 0.29) is 0 Å². The number of fused-ring (bicyclic) bond motifs is 10. The highest BCUT2D eigenvalue weighted by Crippen LogP contribution is 2.64. The summed E-state index contributed by atoms with van der Waals surface area (Å²) < 4.78 is 0. The van der Waals surface area contributed by atoms with Crippen LogP contribution in [0.25, 0.3) is 55.6 Å². The van der Waals surface area contributed by atoms with Crippen molar-refractivity contribution in [2.45, 2.75) is 87.4 Å². The fraction of sp³-hybridized carbons (Fsp3) is 0.239. The quantitative estimate of drug-likeness (QED) is 0.147. The Kier molecular flexibility index (Phi) is 9.83. The minimum atomic E-state index is -0.477. The Morgan fingerprint density at radius 1 is 0.333 bits per heavy atom. The molecular formula is C71H61N. The Morgan fingerprint density at radius 2 is 0.792 bits per heavy atom. The molecule has 7 aliphatic carbocycles. The van der Waals surface area contributed by atoms with Crippen molar-refractivity contribution in [3.63, 3.8) is 0 Å². The molecule has 1 nitrogen and oxygen atoms in total. The maximum Gasteiger partial charge on any atom is 0.0726 e. The average molecular weight is 928 g/mol. The highest BCUT2D eigenvalue weighted by Gasteiger charge is 2.53. The number of nitrogens with zero attached hydrogens (tertiary/aromatic N) is 1. The summed E-state index contributed by atoms with van der Waals surface area (Å²) in [5.74, 6) is 3.44. The van der Waals surface area contributed by atoms with Crippen LogP contribution in [0, 0.1) is 17.8 Å². The van der Waals surface area contributed by atoms with E-state index in [1.807, 2.05) is 0 Å². The largest absolute Gasteiger partial charge is 0.310 e. The first-order valence-corrected chi connectivity index (χ1v) is 27.3. The van der Waals surface area contributed by atoms with Gasteiger partial charge >= 0.3 is 0 Å². The van der Waals surface area contributed by atoms with Crippen molar-refractivity contribution in [2.75, 3.05) is 4.90 Å². The van der Waals surface area contributed by atoms with Crippen LogP contribution < -0.4 is 4.90 Å². The number of hydrogen-bond donors (Lipinski definition) is 0. The number of benzene rings is 9. The molecule has 4 bridgehead atoms. The molecule has 5 fully saturated rings. The third-order valence-corrected chi connectivity index (χ3v) is 18.9. The maximum atomic E-state index is 2.56. The molecule has 1 heteroatoms. The monoisotopic (exact) mass is 927 g/mol. The van der Waals surface area contributed by atoms with Gasteiger partial charge in [-0.15, -0.1) is 0 Å². The molecule has 9 aromatic rings. The standard InChI is InChI=1S/C71H61N/c1-3-13-50(14-4-1)52-23-25-53(26-24-52)60-17-7-8-18-61(60)54-27-32-57(33-28-54)72(58-34-30-56(31-35-58)70-44-47-39-48(45-70)41-49(40-47)46-70)59-36-38-65-63-20-10-12-22-67(63)71(69(65)43-59)66-21-11-9-19-62(66)64-37-29-55(42-68(64)71)51-15-5-2-6-16-51/h2,5-12,15-38,42-43,47-50H,1,3-4,13-14,39-41,44-46H2. The smallest absolute Gasteiger partial charge is 0.0726 e. The zero-order valence-electron chi connectivity index (χ0n) is 41.2. The molecule has 7 aliphatic rings. The number of hydrogen-bond acceptors (Lipinski definition) is 1. The van der Waals surface area contributed by atoms with E-state index in [0.717, 1.165) is 17.8 Å². The first-order chi connectivity index (χ1) is 35.6. The van der Waals surface area contributed by atoms with E-state index in [1.165, 1.54) is 171 Å². The van der Waals surface area contributed by atoms with E-state index >= 15 is 0 Å². The van der Waals surface area contributed by atoms with Gasteiger partial charge in [0.2, 0.25) is 0 Å². The van der Waals surface area contributed by atoms with Crippen LogP contribution in [0.15, 0.2) is 212 Å². The molecular weight excluding hydrogens is 867 g/mol. The summed E-state index contributed by atoms with van der Waals surface area (Å²) in [5, 5.41) is 0. The zero-order valence-corrected chi connectivity index (χ0v) is 41.2. The second-order valence-corrected chi connectivity index (χ2v) is 22.8. The van der Waals surface area contributed by atoms with Crippen LogP contribution in [-0.4, -0.2) is 0 Å². The molecule has 72 heavy (non-hydrogen) atoms. The first kappa shape index (κ1) is 42.5. The molecule has 16 rings (SSSR count). The lowest BCUT2D eigenvalue weighted by Gasteiger charge is -2.57. The van der Waals surface area contributed by atoms with Crippen molar-refractivity contribution in [1.29, 1.82) is 0 Å². The summed E-state index contributed by atoms with van der Waals surface area (Å²) in [4.78, 5) is 2.54. The molecule has 350 valence electrons. The van der Waals surface area contributed by atoms with Gasteiger partial charge in [0.1, 0.15) is 0 Å². The van der Waals surface area contributed by atoms with E-state index in [1.54, 1.807) is 5.56 Å². The summed E-state index contributed by atoms with van der Waals surface area (Å²) in [7, 11) is 0. The topological polar surface area (TPSA) is 3.24 Å². The average Bonchev–Trinajstić information content (AvgIpc) is 3.90. The van der Waals surface area contributed by atoms with Crippen molar-refractivity contribution in [3.8, 4) is 55.6 Å². The SMILES string of the molecule is c1ccc(-c2ccc3c(c2)C2(c4ccccc4-3)c3ccccc3-c3ccc(N(c4ccc(-c5ccccc5-c5ccc(C6CCCCC6)cc5)cc4)c4ccc(C56CC7CC(CC(C7)C5)C6)cc4)cc32)cc1. The van der Waals surface area contributed by atoms with Crippen LogP contribution in [0.2, 0.25) is 0 Å². The van der Waals surface area contributed by atoms with Crippen molar-refractivity contribution in [1.82, 2.24) is 0 Å². The van der Waals surface area contributed by atoms with Gasteiger partial charge in [-0.05, 0) is 212 Å². The molecule has 1 spiro atoms. The molecule has 0 aromatic heterocycles. The molecule has 9 aromatic carbocycles. The summed E-state index contributed by atoms with van der Waals surface area (Å²) >= 11 is 0. The molecule has 0 radical (unpaired) electrons. The second-order valence-electron chi connectivity index (χ2n) is 22.8. The number of rotatable bonds is 8. The van der Waals surface area contributed by atoms with Crippen molar-refractivity contribution < 1.29 is 0 Å². The van der Waals surface area contributed by atoms with Crippen molar-refractivity contribution in [2.24, 2.45) is 17.8 Å². The van der Waals surface area contributed by atoms with Crippen molar-refractivity contribution in [3.05, 3.63) is 246 Å². The Hall–Kier alpha value is -7.22. The molecule has 0 heterocycles. The van der Waals surface area contributed by atoms with Crippen LogP contribution in [0.5, 0.6) is 0 Å². The molecule has 0 N–H and O–H groups in total. The van der Waals surface area contributed by atoms with Crippen LogP contribution in [-0.2, 0) is 10.8 Å². The van der Waals surface area contributed by atoms with Gasteiger partial charge < -0.3 is 4.90 Å². The highest BCUT2D eigenvalue weighted by atomic mass is 15.1. The minimum absolute atomic E-state index is 0.344. The first-order valence-electron chi connectivity index (χ1n) is 27.3. The normalized spacial score (nSPS) is 23.1. The molecule has 5 saturated carbocycles. The van der Waals surface area contributed by atoms with Crippen LogP contribution >= 0.6 is 0 Å². The lowest BCUT2D eigenvalue weighted by atomic mass is 9.48. The Bertz CT molecular complexity index is 3470. The molecule has 0 aliphatic heterocycles. The van der Waals surface area contributed by atoms with E-state index < -0.39 is 5.41 Å². The summed E-state index contributed by atoms with van der Waals surface area (Å²) in [6, 6.07) is 81.9. The zero-order chi connectivity index (χ0) is 47.4. The lowest BCUT2D eigenvalue weighted by Crippen LogP contribution is -2.48. The van der Waals surface area contributed by atoms with Crippen LogP contribution in [0.1, 0.15) is 110 Å². The summed E-state index contributed by atoms with van der Waals surface area (Å²) in [6.07, 6.45) is 15.3. The lowest BCUT2D eigenvalue weighted by molar-refractivity contribution is -0.00518. The van der Waals surface area contributed by atoms with Crippen LogP contribution in [0.4, 0.5) is 17.1 Å². The van der Waals surface area contributed by atoms with E-state index in [4.69, 9.17) is 0 Å². The number of anilines is 3. The maximum absolute atomic E-state index is 2.56. The fourth-order valence-electron chi connectivity index (χ4n) is 16.1. The molecule has 0 saturated heterocycles. The molecule has 1 atom stereocenters. The summed E-state index contributed by atoms with van der Waals surface area (Å²) in [6.45, 7) is 0. The fourth-order valence-corrected chi connectivity index (χ4v) is 16.1. The van der Waals surface area contributed by atoms with Gasteiger partial charge in [0.05, 0.1) is 5.41 Å². The van der Waals surface area contributed by atoms with Crippen LogP contribution in [0.3, 0.4) is 0 Å². The summed E-state index contributed by atoms with van der Waals surface area (Å²) in [5.41, 5.74) is 24.8. The highest BCUT2D eigenvalue weighted by molar-refractivity contribution is 5.97. The van der Waals surface area contributed by atoms with E-state index in [9.17, 15) is 0 Å². The molecule has 1 unspecified atom stereocenters. The van der Waals surface area contributed by atoms with Crippen molar-refractivity contribution >= 4 is 17.1 Å². The van der Waals surface area contributed by atoms with E-state index in [2.05, 4.69) is 217 Å². The Morgan fingerprint density at radius 3 is 1.39 bits per heavy atom. The van der Waals surface area contributed by atoms with Gasteiger partial charge in [0.15, 0.2) is 0 Å². The third kappa shape index (κ3) is 6.58. The minimum Gasteiger partial charge on any atom is -0.310 e. The van der Waals surface area contributed by atoms with Gasteiger partial charge in [-0.3, -0.25) is 0 Å². The Labute approximate surface area is 426 Å². The van der Waals surface area contributed by atoms with Gasteiger partial charge in [0.25, 0.3) is 0 Å². The Balaban J connectivity index is 0.872. The second kappa shape index (κ2) is 16.7. The third-order valence-electron chi connectivity index (χ3n) is 18.9. The molecule has 0 amide bonds.